The minimum atomic E-state index is -2.68. The Morgan fingerprint density at radius 2 is 1.89 bits per heavy atom. The molecule has 4 atom stereocenters. The highest BCUT2D eigenvalue weighted by molar-refractivity contribution is 6.24. The highest BCUT2D eigenvalue weighted by Crippen LogP contribution is 2.53. The predicted molar refractivity (Wildman–Crippen MR) is 133 cm³/mol. The molecule has 0 bridgehead atoms. The summed E-state index contributed by atoms with van der Waals surface area (Å²) in [5.74, 6) is -6.98. The number of phenolic OH excluding ortho intramolecular Hbond substituents is 1. The van der Waals surface area contributed by atoms with Crippen molar-refractivity contribution in [1.29, 1.82) is 0 Å². The van der Waals surface area contributed by atoms with Crippen LogP contribution in [0.15, 0.2) is 53.3 Å². The normalized spacial score (nSPS) is 26.8. The van der Waals surface area contributed by atoms with Gasteiger partial charge in [-0.2, -0.15) is 0 Å². The fraction of sp³-hybridized carbons (Fsp3) is 0.333. The van der Waals surface area contributed by atoms with E-state index in [2.05, 4.69) is 4.98 Å². The molecular weight excluding hydrogens is 494 g/mol. The molecule has 0 saturated carbocycles. The van der Waals surface area contributed by atoms with E-state index >= 15 is 0 Å². The van der Waals surface area contributed by atoms with E-state index in [4.69, 9.17) is 5.73 Å². The standard InChI is InChI=1S/C27H27N3O8/c1-30(2)21-16-7-12-6-15-14(13-5-11(10-31)8-29-9-13)3-4-17(32)19(15)22(33)18(12)24(35)27(16,38)25(36)20(23(21)34)26(28)37/h3-5,8-9,12,16,21,31-32,34-35,38H,6-7,10H2,1-2H3,(H2,28,37)/t12-,16-,21-,27-/m0/s1. The van der Waals surface area contributed by atoms with Gasteiger partial charge in [0.25, 0.3) is 5.91 Å². The fourth-order valence-electron chi connectivity index (χ4n) is 6.24. The summed E-state index contributed by atoms with van der Waals surface area (Å²) in [4.78, 5) is 44.8. The van der Waals surface area contributed by atoms with Crippen LogP contribution in [-0.4, -0.2) is 78.6 Å². The van der Waals surface area contributed by atoms with Crippen molar-refractivity contribution in [3.8, 4) is 16.9 Å². The molecule has 11 heteroatoms. The molecular formula is C27H27N3O8. The van der Waals surface area contributed by atoms with Crippen molar-refractivity contribution in [3.63, 3.8) is 0 Å². The largest absolute Gasteiger partial charge is 0.510 e. The Hall–Kier alpha value is -4.06. The first-order valence-electron chi connectivity index (χ1n) is 12.0. The van der Waals surface area contributed by atoms with Gasteiger partial charge in [0.1, 0.15) is 22.8 Å². The van der Waals surface area contributed by atoms with Gasteiger partial charge in [-0.15, -0.1) is 0 Å². The number of hydrogen-bond acceptors (Lipinski definition) is 10. The van der Waals surface area contributed by atoms with Crippen molar-refractivity contribution in [2.75, 3.05) is 14.1 Å². The van der Waals surface area contributed by atoms with Gasteiger partial charge in [-0.3, -0.25) is 24.3 Å². The van der Waals surface area contributed by atoms with Crippen LogP contribution in [0.5, 0.6) is 5.75 Å². The molecule has 0 aliphatic heterocycles. The Kier molecular flexibility index (Phi) is 5.90. The van der Waals surface area contributed by atoms with E-state index < -0.39 is 58.0 Å². The van der Waals surface area contributed by atoms with Gasteiger partial charge in [0.15, 0.2) is 11.4 Å². The molecule has 0 radical (unpaired) electrons. The molecule has 0 saturated heterocycles. The summed E-state index contributed by atoms with van der Waals surface area (Å²) in [5.41, 5.74) is 3.74. The van der Waals surface area contributed by atoms with Crippen molar-refractivity contribution < 1.29 is 39.9 Å². The molecule has 1 amide bonds. The lowest BCUT2D eigenvalue weighted by molar-refractivity contribution is -0.148. The number of nitrogens with two attached hydrogens (primary N) is 1. The number of primary amides is 1. The molecule has 1 heterocycles. The Bertz CT molecular complexity index is 1480. The molecule has 7 N–H and O–H groups in total. The summed E-state index contributed by atoms with van der Waals surface area (Å²) in [6.07, 6.45) is 3.22. The van der Waals surface area contributed by atoms with Gasteiger partial charge in [0.05, 0.1) is 18.2 Å². The molecule has 1 aromatic heterocycles. The highest BCUT2D eigenvalue weighted by Gasteiger charge is 2.63. The van der Waals surface area contributed by atoms with E-state index in [-0.39, 0.29) is 36.3 Å². The summed E-state index contributed by atoms with van der Waals surface area (Å²) in [7, 11) is 3.15. The number of carbonyl (C=O) groups is 3. The monoisotopic (exact) mass is 521 g/mol. The summed E-state index contributed by atoms with van der Waals surface area (Å²) in [5, 5.41) is 54.1. The Labute approximate surface area is 217 Å². The van der Waals surface area contributed by atoms with Crippen LogP contribution in [0, 0.1) is 11.8 Å². The maximum absolute atomic E-state index is 13.8. The third kappa shape index (κ3) is 3.39. The molecule has 0 unspecified atom stereocenters. The number of aliphatic hydroxyl groups excluding tert-OH is 3. The summed E-state index contributed by atoms with van der Waals surface area (Å²) < 4.78 is 0. The maximum Gasteiger partial charge on any atom is 0.255 e. The zero-order valence-electron chi connectivity index (χ0n) is 20.7. The van der Waals surface area contributed by atoms with Crippen LogP contribution in [0.4, 0.5) is 0 Å². The van der Waals surface area contributed by atoms with Gasteiger partial charge in [-0.05, 0) is 61.7 Å². The molecule has 3 aliphatic carbocycles. The van der Waals surface area contributed by atoms with Crippen LogP contribution >= 0.6 is 0 Å². The van der Waals surface area contributed by atoms with Gasteiger partial charge in [0.2, 0.25) is 5.78 Å². The Balaban J connectivity index is 1.72. The molecule has 2 aromatic rings. The summed E-state index contributed by atoms with van der Waals surface area (Å²) >= 11 is 0. The van der Waals surface area contributed by atoms with E-state index in [1.54, 1.807) is 32.4 Å². The Morgan fingerprint density at radius 3 is 2.53 bits per heavy atom. The van der Waals surface area contributed by atoms with Crippen molar-refractivity contribution in [1.82, 2.24) is 9.88 Å². The number of amides is 1. The fourth-order valence-corrected chi connectivity index (χ4v) is 6.24. The van der Waals surface area contributed by atoms with Crippen LogP contribution in [-0.2, 0) is 22.6 Å². The average Bonchev–Trinajstić information content (AvgIpc) is 2.86. The first-order valence-corrected chi connectivity index (χ1v) is 12.0. The number of hydrogen-bond donors (Lipinski definition) is 6. The molecule has 11 nitrogen and oxygen atoms in total. The molecule has 0 fully saturated rings. The van der Waals surface area contributed by atoms with Crippen LogP contribution in [0.1, 0.15) is 27.9 Å². The maximum atomic E-state index is 13.8. The first-order chi connectivity index (χ1) is 17.9. The lowest BCUT2D eigenvalue weighted by atomic mass is 9.58. The number of nitrogens with zero attached hydrogens (tertiary/aromatic N) is 2. The van der Waals surface area contributed by atoms with Gasteiger partial charge < -0.3 is 31.3 Å². The third-order valence-electron chi connectivity index (χ3n) is 7.89. The van der Waals surface area contributed by atoms with Gasteiger partial charge in [-0.25, -0.2) is 0 Å². The van der Waals surface area contributed by atoms with Crippen molar-refractivity contribution >= 4 is 17.5 Å². The number of ketones is 2. The number of rotatable bonds is 4. The van der Waals surface area contributed by atoms with Gasteiger partial charge in [0, 0.05) is 29.4 Å². The number of phenols is 1. The Morgan fingerprint density at radius 1 is 1.18 bits per heavy atom. The van der Waals surface area contributed by atoms with Crippen LogP contribution in [0.3, 0.4) is 0 Å². The second-order valence-corrected chi connectivity index (χ2v) is 10.2. The number of fused-ring (bicyclic) bond motifs is 3. The molecule has 38 heavy (non-hydrogen) atoms. The van der Waals surface area contributed by atoms with E-state index in [0.29, 0.717) is 22.3 Å². The summed E-state index contributed by atoms with van der Waals surface area (Å²) in [6, 6.07) is 3.61. The van der Waals surface area contributed by atoms with Crippen LogP contribution in [0.25, 0.3) is 11.1 Å². The lowest BCUT2D eigenvalue weighted by Gasteiger charge is -2.50. The minimum absolute atomic E-state index is 0.00418. The van der Waals surface area contributed by atoms with E-state index in [1.807, 2.05) is 0 Å². The zero-order chi connectivity index (χ0) is 27.7. The zero-order valence-corrected chi connectivity index (χ0v) is 20.7. The first kappa shape index (κ1) is 25.6. The number of allylic oxidation sites excluding steroid dienone is 1. The number of pyridine rings is 1. The average molecular weight is 522 g/mol. The second-order valence-electron chi connectivity index (χ2n) is 10.2. The van der Waals surface area contributed by atoms with Gasteiger partial charge >= 0.3 is 0 Å². The molecule has 0 spiro atoms. The van der Waals surface area contributed by atoms with Crippen LogP contribution in [0.2, 0.25) is 0 Å². The SMILES string of the molecule is CN(C)[C@@H]1C(O)=C(C(N)=O)C(=O)[C@@]2(O)C(O)=C3C(=O)c4c(O)ccc(-c5cncc(CO)c5)c4C[C@H]3C[C@@H]12. The molecule has 1 aromatic carbocycles. The number of likely N-dealkylation sites (N-methyl/N-ethyl adjacent to an activating group) is 1. The quantitative estimate of drug-likeness (QED) is 0.311. The number of aromatic hydroxyl groups is 1. The molecule has 198 valence electrons. The smallest absolute Gasteiger partial charge is 0.255 e. The lowest BCUT2D eigenvalue weighted by Crippen LogP contribution is -2.63. The van der Waals surface area contributed by atoms with Crippen LogP contribution < -0.4 is 5.73 Å². The third-order valence-corrected chi connectivity index (χ3v) is 7.89. The van der Waals surface area contributed by atoms with E-state index in [9.17, 15) is 39.9 Å². The van der Waals surface area contributed by atoms with Crippen molar-refractivity contribution in [2.24, 2.45) is 17.6 Å². The number of aliphatic hydroxyl groups is 4. The number of benzene rings is 1. The molecule has 3 aliphatic rings. The number of Topliss-reactive ketones (excluding diaryl/α,β-unsaturated/α-hetero) is 2. The van der Waals surface area contributed by atoms with Crippen molar-refractivity contribution in [3.05, 3.63) is 69.9 Å². The van der Waals surface area contributed by atoms with Gasteiger partial charge in [-0.1, -0.05) is 6.07 Å². The topological polar surface area (TPSA) is 195 Å². The summed E-state index contributed by atoms with van der Waals surface area (Å²) in [6.45, 7) is -0.242. The minimum Gasteiger partial charge on any atom is -0.510 e. The second kappa shape index (κ2) is 8.76. The molecule has 5 rings (SSSR count). The highest BCUT2D eigenvalue weighted by atomic mass is 16.3. The van der Waals surface area contributed by atoms with E-state index in [1.165, 1.54) is 17.2 Å². The number of aromatic nitrogens is 1. The van der Waals surface area contributed by atoms with Crippen molar-refractivity contribution in [2.45, 2.75) is 31.1 Å². The van der Waals surface area contributed by atoms with E-state index in [0.717, 1.165) is 0 Å². The predicted octanol–water partition coefficient (Wildman–Crippen LogP) is 0.675. The number of carbonyl (C=O) groups excluding carboxylic acids is 3.